The van der Waals surface area contributed by atoms with E-state index in [4.69, 9.17) is 4.74 Å². The maximum absolute atomic E-state index is 10.8. The molecule has 0 amide bonds. The Hall–Kier alpha value is -0.310. The van der Waals surface area contributed by atoms with Gasteiger partial charge in [-0.2, -0.15) is 0 Å². The fraction of sp³-hybridized carbons (Fsp3) is 0.571. The molecule has 0 N–H and O–H groups in total. The van der Waals surface area contributed by atoms with Crippen LogP contribution < -0.4 is 0 Å². The lowest BCUT2D eigenvalue weighted by Gasteiger charge is -1.99. The Morgan fingerprint density at radius 1 is 1.70 bits per heavy atom. The molecule has 1 saturated carbocycles. The molecule has 0 saturated heterocycles. The first-order valence-electron chi connectivity index (χ1n) is 3.20. The molecule has 3 heteroatoms. The maximum atomic E-state index is 10.8. The normalized spacial score (nSPS) is 16.5. The van der Waals surface area contributed by atoms with Crippen LogP contribution in [-0.4, -0.2) is 12.6 Å². The van der Waals surface area contributed by atoms with Crippen molar-refractivity contribution in [3.8, 4) is 0 Å². The van der Waals surface area contributed by atoms with E-state index in [1.165, 1.54) is 0 Å². The number of ether oxygens (including phenoxy) is 1. The summed E-state index contributed by atoms with van der Waals surface area (Å²) >= 11 is 3.10. The van der Waals surface area contributed by atoms with Crippen LogP contribution in [0.25, 0.3) is 0 Å². The van der Waals surface area contributed by atoms with E-state index in [9.17, 15) is 4.79 Å². The standard InChI is InChI=1S/C7H9BrO2/c1-5(8)4-10-7(9)6-2-3-6/h6H,1-4H2. The van der Waals surface area contributed by atoms with Gasteiger partial charge in [0.1, 0.15) is 6.61 Å². The Labute approximate surface area is 68.4 Å². The molecule has 0 aromatic rings. The number of carbonyl (C=O) groups excluding carboxylic acids is 1. The van der Waals surface area contributed by atoms with Gasteiger partial charge in [0.25, 0.3) is 0 Å². The molecule has 56 valence electrons. The number of halogens is 1. The van der Waals surface area contributed by atoms with Crippen molar-refractivity contribution in [2.45, 2.75) is 12.8 Å². The number of esters is 1. The Morgan fingerprint density at radius 3 is 2.70 bits per heavy atom. The molecule has 0 aromatic carbocycles. The molecular formula is C7H9BrO2. The van der Waals surface area contributed by atoms with Crippen LogP contribution in [0.4, 0.5) is 0 Å². The molecule has 0 unspecified atom stereocenters. The third-order valence-corrected chi connectivity index (χ3v) is 1.51. The van der Waals surface area contributed by atoms with Crippen molar-refractivity contribution in [1.29, 1.82) is 0 Å². The average Bonchev–Trinajstić information content (AvgIpc) is 2.63. The van der Waals surface area contributed by atoms with Gasteiger partial charge < -0.3 is 4.74 Å². The van der Waals surface area contributed by atoms with Crippen LogP contribution in [0.5, 0.6) is 0 Å². The summed E-state index contributed by atoms with van der Waals surface area (Å²) in [6, 6.07) is 0. The summed E-state index contributed by atoms with van der Waals surface area (Å²) in [5.74, 6) is 0.104. The van der Waals surface area contributed by atoms with Gasteiger partial charge in [-0.3, -0.25) is 4.79 Å². The molecule has 0 bridgehead atoms. The van der Waals surface area contributed by atoms with Crippen molar-refractivity contribution in [3.63, 3.8) is 0 Å². The molecule has 0 spiro atoms. The average molecular weight is 205 g/mol. The van der Waals surface area contributed by atoms with Gasteiger partial charge in [0.15, 0.2) is 0 Å². The first kappa shape index (κ1) is 7.79. The van der Waals surface area contributed by atoms with Crippen LogP contribution in [0.15, 0.2) is 11.1 Å². The minimum Gasteiger partial charge on any atom is -0.460 e. The van der Waals surface area contributed by atoms with Crippen LogP contribution in [-0.2, 0) is 9.53 Å². The summed E-state index contributed by atoms with van der Waals surface area (Å²) in [7, 11) is 0. The number of carbonyl (C=O) groups is 1. The van der Waals surface area contributed by atoms with E-state index < -0.39 is 0 Å². The molecule has 1 rings (SSSR count). The number of hydrogen-bond acceptors (Lipinski definition) is 2. The highest BCUT2D eigenvalue weighted by atomic mass is 79.9. The molecule has 0 radical (unpaired) electrons. The van der Waals surface area contributed by atoms with E-state index >= 15 is 0 Å². The molecule has 1 aliphatic carbocycles. The molecule has 1 aliphatic rings. The molecule has 10 heavy (non-hydrogen) atoms. The van der Waals surface area contributed by atoms with Gasteiger partial charge >= 0.3 is 5.97 Å². The lowest BCUT2D eigenvalue weighted by molar-refractivity contribution is -0.143. The summed E-state index contributed by atoms with van der Waals surface area (Å²) < 4.78 is 5.55. The zero-order valence-electron chi connectivity index (χ0n) is 5.60. The Kier molecular flexibility index (Phi) is 2.49. The zero-order chi connectivity index (χ0) is 7.56. The smallest absolute Gasteiger partial charge is 0.309 e. The Balaban J connectivity index is 2.12. The highest BCUT2D eigenvalue weighted by molar-refractivity contribution is 9.11. The molecule has 2 nitrogen and oxygen atoms in total. The molecule has 1 fully saturated rings. The molecule has 0 atom stereocenters. The molecule has 0 aliphatic heterocycles. The summed E-state index contributed by atoms with van der Waals surface area (Å²) in [6.45, 7) is 3.85. The fourth-order valence-electron chi connectivity index (χ4n) is 0.586. The predicted molar refractivity (Wildman–Crippen MR) is 41.8 cm³/mol. The van der Waals surface area contributed by atoms with Crippen molar-refractivity contribution in [1.82, 2.24) is 0 Å². The minimum absolute atomic E-state index is 0.0828. The van der Waals surface area contributed by atoms with Crippen molar-refractivity contribution in [3.05, 3.63) is 11.1 Å². The van der Waals surface area contributed by atoms with Gasteiger partial charge in [0.05, 0.1) is 5.92 Å². The topological polar surface area (TPSA) is 26.3 Å². The molecule has 0 aromatic heterocycles. The first-order valence-corrected chi connectivity index (χ1v) is 3.99. The van der Waals surface area contributed by atoms with Gasteiger partial charge in [-0.05, 0) is 12.8 Å². The maximum Gasteiger partial charge on any atom is 0.309 e. The minimum atomic E-state index is -0.0828. The van der Waals surface area contributed by atoms with E-state index in [1.807, 2.05) is 0 Å². The van der Waals surface area contributed by atoms with Crippen molar-refractivity contribution < 1.29 is 9.53 Å². The fourth-order valence-corrected chi connectivity index (χ4v) is 0.701. The van der Waals surface area contributed by atoms with Gasteiger partial charge in [-0.25, -0.2) is 0 Å². The van der Waals surface area contributed by atoms with Crippen LogP contribution in [0.1, 0.15) is 12.8 Å². The molecule has 0 heterocycles. The number of hydrogen-bond donors (Lipinski definition) is 0. The highest BCUT2D eigenvalue weighted by Gasteiger charge is 2.30. The van der Waals surface area contributed by atoms with Crippen molar-refractivity contribution in [2.75, 3.05) is 6.61 Å². The van der Waals surface area contributed by atoms with Crippen LogP contribution in [0.2, 0.25) is 0 Å². The summed E-state index contributed by atoms with van der Waals surface area (Å²) in [5, 5.41) is 0. The third-order valence-electron chi connectivity index (χ3n) is 1.28. The monoisotopic (exact) mass is 204 g/mol. The van der Waals surface area contributed by atoms with Gasteiger partial charge in [-0.15, -0.1) is 0 Å². The van der Waals surface area contributed by atoms with E-state index in [1.54, 1.807) is 0 Å². The zero-order valence-corrected chi connectivity index (χ0v) is 7.19. The summed E-state index contributed by atoms with van der Waals surface area (Å²) in [6.07, 6.45) is 1.99. The van der Waals surface area contributed by atoms with E-state index in [2.05, 4.69) is 22.5 Å². The predicted octanol–water partition coefficient (Wildman–Crippen LogP) is 1.85. The second-order valence-electron chi connectivity index (χ2n) is 2.40. The van der Waals surface area contributed by atoms with Crippen LogP contribution >= 0.6 is 15.9 Å². The van der Waals surface area contributed by atoms with E-state index in [0.717, 1.165) is 12.8 Å². The lowest BCUT2D eigenvalue weighted by Crippen LogP contribution is -2.06. The second kappa shape index (κ2) is 3.19. The van der Waals surface area contributed by atoms with Gasteiger partial charge in [0, 0.05) is 4.48 Å². The van der Waals surface area contributed by atoms with Gasteiger partial charge in [-0.1, -0.05) is 22.5 Å². The largest absolute Gasteiger partial charge is 0.460 e. The van der Waals surface area contributed by atoms with Gasteiger partial charge in [0.2, 0.25) is 0 Å². The summed E-state index contributed by atoms with van der Waals surface area (Å²) in [4.78, 5) is 10.8. The highest BCUT2D eigenvalue weighted by Crippen LogP contribution is 2.30. The summed E-state index contributed by atoms with van der Waals surface area (Å²) in [5.41, 5.74) is 0. The van der Waals surface area contributed by atoms with Crippen molar-refractivity contribution >= 4 is 21.9 Å². The lowest BCUT2D eigenvalue weighted by atomic mass is 10.4. The first-order chi connectivity index (χ1) is 4.70. The quantitative estimate of drug-likeness (QED) is 0.657. The van der Waals surface area contributed by atoms with E-state index in [0.29, 0.717) is 11.1 Å². The molecular weight excluding hydrogens is 196 g/mol. The number of rotatable bonds is 3. The SMILES string of the molecule is C=C(Br)COC(=O)C1CC1. The van der Waals surface area contributed by atoms with Crippen molar-refractivity contribution in [2.24, 2.45) is 5.92 Å². The Morgan fingerprint density at radius 2 is 2.30 bits per heavy atom. The third kappa shape index (κ3) is 2.52. The Bertz CT molecular complexity index is 161. The van der Waals surface area contributed by atoms with E-state index in [-0.39, 0.29) is 11.9 Å². The van der Waals surface area contributed by atoms with Crippen LogP contribution in [0, 0.1) is 5.92 Å². The van der Waals surface area contributed by atoms with Crippen LogP contribution in [0.3, 0.4) is 0 Å². The second-order valence-corrected chi connectivity index (χ2v) is 3.52.